The van der Waals surface area contributed by atoms with E-state index in [1.165, 1.54) is 31.0 Å². The van der Waals surface area contributed by atoms with E-state index in [-0.39, 0.29) is 23.0 Å². The van der Waals surface area contributed by atoms with Gasteiger partial charge < -0.3 is 20.4 Å². The van der Waals surface area contributed by atoms with Gasteiger partial charge in [-0.25, -0.2) is 0 Å². The standard InChI is InChI=1S/C15H22N2O3/c1-11(10-17-4-2-3-5-17)9-16-15(20)12-6-13(18)8-14(19)7-12/h6-8,11,18-19H,2-5,9-10H2,1H3,(H,16,20). The average molecular weight is 278 g/mol. The Morgan fingerprint density at radius 2 is 1.85 bits per heavy atom. The zero-order valence-corrected chi connectivity index (χ0v) is 11.8. The number of hydrogen-bond acceptors (Lipinski definition) is 4. The maximum Gasteiger partial charge on any atom is 0.251 e. The van der Waals surface area contributed by atoms with E-state index in [4.69, 9.17) is 0 Å². The Morgan fingerprint density at radius 3 is 2.45 bits per heavy atom. The lowest BCUT2D eigenvalue weighted by molar-refractivity contribution is 0.0944. The number of hydrogen-bond donors (Lipinski definition) is 3. The van der Waals surface area contributed by atoms with Crippen LogP contribution in [0.1, 0.15) is 30.1 Å². The minimum atomic E-state index is -0.274. The highest BCUT2D eigenvalue weighted by molar-refractivity contribution is 5.95. The van der Waals surface area contributed by atoms with Crippen molar-refractivity contribution in [3.05, 3.63) is 23.8 Å². The first kappa shape index (κ1) is 14.7. The molecule has 1 fully saturated rings. The predicted octanol–water partition coefficient (Wildman–Crippen LogP) is 1.56. The third kappa shape index (κ3) is 4.13. The monoisotopic (exact) mass is 278 g/mol. The quantitative estimate of drug-likeness (QED) is 0.764. The third-order valence-electron chi connectivity index (χ3n) is 3.54. The second-order valence-corrected chi connectivity index (χ2v) is 5.56. The van der Waals surface area contributed by atoms with Crippen LogP contribution in [0.4, 0.5) is 0 Å². The minimum absolute atomic E-state index is 0.111. The maximum absolute atomic E-state index is 11.9. The molecule has 0 aromatic heterocycles. The molecule has 5 heteroatoms. The van der Waals surface area contributed by atoms with Crippen LogP contribution in [0.25, 0.3) is 0 Å². The normalized spacial score (nSPS) is 17.1. The molecule has 20 heavy (non-hydrogen) atoms. The highest BCUT2D eigenvalue weighted by Gasteiger charge is 2.15. The van der Waals surface area contributed by atoms with E-state index in [2.05, 4.69) is 17.1 Å². The fourth-order valence-electron chi connectivity index (χ4n) is 2.57. The van der Waals surface area contributed by atoms with Crippen LogP contribution in [-0.4, -0.2) is 47.2 Å². The SMILES string of the molecule is CC(CNC(=O)c1cc(O)cc(O)c1)CN1CCCC1. The highest BCUT2D eigenvalue weighted by Crippen LogP contribution is 2.20. The van der Waals surface area contributed by atoms with Crippen LogP contribution in [0.5, 0.6) is 11.5 Å². The fraction of sp³-hybridized carbons (Fsp3) is 0.533. The van der Waals surface area contributed by atoms with Crippen LogP contribution in [0.2, 0.25) is 0 Å². The lowest BCUT2D eigenvalue weighted by atomic mass is 10.1. The summed E-state index contributed by atoms with van der Waals surface area (Å²) in [5.74, 6) is -0.118. The molecule has 1 aliphatic rings. The lowest BCUT2D eigenvalue weighted by Crippen LogP contribution is -2.34. The number of nitrogens with zero attached hydrogens (tertiary/aromatic N) is 1. The van der Waals surface area contributed by atoms with E-state index >= 15 is 0 Å². The van der Waals surface area contributed by atoms with Crippen LogP contribution in [0.15, 0.2) is 18.2 Å². The molecule has 1 saturated heterocycles. The van der Waals surface area contributed by atoms with Crippen molar-refractivity contribution in [1.82, 2.24) is 10.2 Å². The zero-order valence-electron chi connectivity index (χ0n) is 11.8. The molecule has 2 rings (SSSR count). The molecule has 1 heterocycles. The Balaban J connectivity index is 1.81. The first-order valence-electron chi connectivity index (χ1n) is 7.08. The van der Waals surface area contributed by atoms with Crippen molar-refractivity contribution in [3.8, 4) is 11.5 Å². The number of phenolic OH excluding ortho intramolecular Hbond substituents is 2. The van der Waals surface area contributed by atoms with Crippen LogP contribution in [0.3, 0.4) is 0 Å². The van der Waals surface area contributed by atoms with Gasteiger partial charge in [-0.15, -0.1) is 0 Å². The second-order valence-electron chi connectivity index (χ2n) is 5.56. The molecule has 1 amide bonds. The largest absolute Gasteiger partial charge is 0.508 e. The van der Waals surface area contributed by atoms with Gasteiger partial charge in [0.05, 0.1) is 0 Å². The number of carbonyl (C=O) groups is 1. The number of phenols is 2. The number of carbonyl (C=O) groups excluding carboxylic acids is 1. The van der Waals surface area contributed by atoms with Gasteiger partial charge in [-0.3, -0.25) is 4.79 Å². The molecule has 0 aliphatic carbocycles. The van der Waals surface area contributed by atoms with Crippen molar-refractivity contribution < 1.29 is 15.0 Å². The molecule has 1 aliphatic heterocycles. The molecule has 3 N–H and O–H groups in total. The van der Waals surface area contributed by atoms with Gasteiger partial charge >= 0.3 is 0 Å². The Labute approximate surface area is 119 Å². The summed E-state index contributed by atoms with van der Waals surface area (Å²) in [7, 11) is 0. The highest BCUT2D eigenvalue weighted by atomic mass is 16.3. The number of rotatable bonds is 5. The Hall–Kier alpha value is -1.75. The molecule has 110 valence electrons. The maximum atomic E-state index is 11.9. The average Bonchev–Trinajstić information content (AvgIpc) is 2.87. The van der Waals surface area contributed by atoms with Gasteiger partial charge in [0.2, 0.25) is 0 Å². The van der Waals surface area contributed by atoms with Gasteiger partial charge in [0, 0.05) is 24.7 Å². The summed E-state index contributed by atoms with van der Waals surface area (Å²) in [5, 5.41) is 21.6. The summed E-state index contributed by atoms with van der Waals surface area (Å²) in [6.07, 6.45) is 2.53. The topological polar surface area (TPSA) is 72.8 Å². The van der Waals surface area contributed by atoms with Crippen molar-refractivity contribution in [2.45, 2.75) is 19.8 Å². The van der Waals surface area contributed by atoms with E-state index in [0.29, 0.717) is 12.5 Å². The lowest BCUT2D eigenvalue weighted by Gasteiger charge is -2.20. The third-order valence-corrected chi connectivity index (χ3v) is 3.54. The summed E-state index contributed by atoms with van der Waals surface area (Å²) >= 11 is 0. The Bertz CT molecular complexity index is 450. The van der Waals surface area contributed by atoms with E-state index < -0.39 is 0 Å². The van der Waals surface area contributed by atoms with E-state index in [1.54, 1.807) is 0 Å². The molecule has 1 unspecified atom stereocenters. The van der Waals surface area contributed by atoms with Crippen molar-refractivity contribution in [2.24, 2.45) is 5.92 Å². The van der Waals surface area contributed by atoms with E-state index in [0.717, 1.165) is 19.6 Å². The van der Waals surface area contributed by atoms with Crippen LogP contribution < -0.4 is 5.32 Å². The van der Waals surface area contributed by atoms with Gasteiger partial charge in [-0.2, -0.15) is 0 Å². The van der Waals surface area contributed by atoms with Crippen molar-refractivity contribution in [3.63, 3.8) is 0 Å². The number of likely N-dealkylation sites (tertiary alicyclic amines) is 1. The molecule has 1 aromatic carbocycles. The van der Waals surface area contributed by atoms with Gasteiger partial charge in [0.25, 0.3) is 5.91 Å². The fourth-order valence-corrected chi connectivity index (χ4v) is 2.57. The summed E-state index contributed by atoms with van der Waals surface area (Å²) in [5.41, 5.74) is 0.274. The molecule has 1 aromatic rings. The van der Waals surface area contributed by atoms with Crippen LogP contribution in [0, 0.1) is 5.92 Å². The molecular weight excluding hydrogens is 256 g/mol. The van der Waals surface area contributed by atoms with Crippen LogP contribution in [-0.2, 0) is 0 Å². The number of nitrogens with one attached hydrogen (secondary N) is 1. The predicted molar refractivity (Wildman–Crippen MR) is 76.9 cm³/mol. The van der Waals surface area contributed by atoms with Gasteiger partial charge in [0.15, 0.2) is 0 Å². The zero-order chi connectivity index (χ0) is 14.5. The van der Waals surface area contributed by atoms with Crippen LogP contribution >= 0.6 is 0 Å². The van der Waals surface area contributed by atoms with E-state index in [1.807, 2.05) is 0 Å². The molecular formula is C15H22N2O3. The first-order chi connectivity index (χ1) is 9.54. The van der Waals surface area contributed by atoms with Gasteiger partial charge in [0.1, 0.15) is 11.5 Å². The molecule has 0 saturated carbocycles. The minimum Gasteiger partial charge on any atom is -0.508 e. The molecule has 5 nitrogen and oxygen atoms in total. The summed E-state index contributed by atoms with van der Waals surface area (Å²) in [4.78, 5) is 14.4. The molecule has 0 radical (unpaired) electrons. The molecule has 1 atom stereocenters. The summed E-state index contributed by atoms with van der Waals surface area (Å²) in [6, 6.07) is 3.90. The summed E-state index contributed by atoms with van der Waals surface area (Å²) < 4.78 is 0. The van der Waals surface area contributed by atoms with Gasteiger partial charge in [-0.1, -0.05) is 6.92 Å². The van der Waals surface area contributed by atoms with E-state index in [9.17, 15) is 15.0 Å². The summed E-state index contributed by atoms with van der Waals surface area (Å²) in [6.45, 7) is 5.99. The Morgan fingerprint density at radius 1 is 1.25 bits per heavy atom. The molecule has 0 spiro atoms. The second kappa shape index (κ2) is 6.61. The van der Waals surface area contributed by atoms with Crippen molar-refractivity contribution in [1.29, 1.82) is 0 Å². The van der Waals surface area contributed by atoms with Gasteiger partial charge in [-0.05, 0) is 44.0 Å². The molecule has 0 bridgehead atoms. The van der Waals surface area contributed by atoms with Crippen molar-refractivity contribution >= 4 is 5.91 Å². The Kier molecular flexibility index (Phi) is 4.84. The first-order valence-corrected chi connectivity index (χ1v) is 7.08. The smallest absolute Gasteiger partial charge is 0.251 e. The van der Waals surface area contributed by atoms with Crippen molar-refractivity contribution in [2.75, 3.05) is 26.2 Å². The number of aromatic hydroxyl groups is 2. The number of benzene rings is 1. The number of amides is 1.